The van der Waals surface area contributed by atoms with E-state index >= 15 is 0 Å². The molecule has 0 saturated carbocycles. The third kappa shape index (κ3) is 3.76. The number of halogens is 1. The summed E-state index contributed by atoms with van der Waals surface area (Å²) in [5, 5.41) is 0.674. The van der Waals surface area contributed by atoms with E-state index in [4.69, 9.17) is 16.3 Å². The van der Waals surface area contributed by atoms with E-state index < -0.39 is 0 Å². The van der Waals surface area contributed by atoms with Gasteiger partial charge in [-0.1, -0.05) is 35.9 Å². The number of carbonyl (C=O) groups excluding carboxylic acids is 1. The van der Waals surface area contributed by atoms with Gasteiger partial charge in [-0.15, -0.1) is 0 Å². The number of rotatable bonds is 5. The van der Waals surface area contributed by atoms with Gasteiger partial charge in [-0.3, -0.25) is 4.79 Å². The van der Waals surface area contributed by atoms with Gasteiger partial charge in [0.1, 0.15) is 5.75 Å². The van der Waals surface area contributed by atoms with E-state index in [-0.39, 0.29) is 5.91 Å². The molecular weight excluding hydrogens is 286 g/mol. The summed E-state index contributed by atoms with van der Waals surface area (Å²) in [7, 11) is 1.57. The quantitative estimate of drug-likeness (QED) is 0.835. The van der Waals surface area contributed by atoms with Gasteiger partial charge in [0, 0.05) is 18.1 Å². The van der Waals surface area contributed by atoms with Crippen molar-refractivity contribution in [1.29, 1.82) is 0 Å². The van der Waals surface area contributed by atoms with Crippen molar-refractivity contribution in [2.45, 2.75) is 13.5 Å². The molecule has 0 fully saturated rings. The summed E-state index contributed by atoms with van der Waals surface area (Å²) in [6.07, 6.45) is 0. The number of ether oxygens (including phenoxy) is 1. The van der Waals surface area contributed by atoms with Gasteiger partial charge in [-0.2, -0.15) is 0 Å². The summed E-state index contributed by atoms with van der Waals surface area (Å²) >= 11 is 5.99. The maximum absolute atomic E-state index is 12.7. The molecule has 110 valence electrons. The molecule has 2 aromatic carbocycles. The molecule has 21 heavy (non-hydrogen) atoms. The van der Waals surface area contributed by atoms with E-state index in [1.54, 1.807) is 24.1 Å². The van der Waals surface area contributed by atoms with Crippen LogP contribution in [0.15, 0.2) is 48.5 Å². The van der Waals surface area contributed by atoms with Crippen LogP contribution < -0.4 is 4.74 Å². The van der Waals surface area contributed by atoms with Crippen LogP contribution in [-0.4, -0.2) is 24.5 Å². The van der Waals surface area contributed by atoms with Crippen LogP contribution in [-0.2, 0) is 6.54 Å². The molecule has 0 atom stereocenters. The monoisotopic (exact) mass is 303 g/mol. The molecule has 0 radical (unpaired) electrons. The minimum atomic E-state index is -0.0464. The summed E-state index contributed by atoms with van der Waals surface area (Å²) in [5.74, 6) is 0.543. The largest absolute Gasteiger partial charge is 0.496 e. The molecule has 1 amide bonds. The van der Waals surface area contributed by atoms with Crippen LogP contribution in [0.25, 0.3) is 0 Å². The molecule has 4 heteroatoms. The van der Waals surface area contributed by atoms with E-state index in [0.29, 0.717) is 29.4 Å². The van der Waals surface area contributed by atoms with Crippen LogP contribution in [0.5, 0.6) is 5.75 Å². The average molecular weight is 304 g/mol. The maximum atomic E-state index is 12.7. The lowest BCUT2D eigenvalue weighted by Gasteiger charge is -2.22. The number of carbonyl (C=O) groups is 1. The molecule has 0 N–H and O–H groups in total. The molecule has 0 saturated heterocycles. The smallest absolute Gasteiger partial charge is 0.257 e. The molecular formula is C17H18ClNO2. The number of hydrogen-bond acceptors (Lipinski definition) is 2. The Hall–Kier alpha value is -2.00. The van der Waals surface area contributed by atoms with E-state index in [9.17, 15) is 4.79 Å². The van der Waals surface area contributed by atoms with Crippen LogP contribution >= 0.6 is 11.6 Å². The first-order valence-electron chi connectivity index (χ1n) is 6.82. The lowest BCUT2D eigenvalue weighted by Crippen LogP contribution is -2.30. The van der Waals surface area contributed by atoms with Gasteiger partial charge >= 0.3 is 0 Å². The lowest BCUT2D eigenvalue weighted by molar-refractivity contribution is 0.0749. The zero-order chi connectivity index (χ0) is 15.2. The van der Waals surface area contributed by atoms with Crippen molar-refractivity contribution in [3.63, 3.8) is 0 Å². The Morgan fingerprint density at radius 2 is 1.95 bits per heavy atom. The van der Waals surface area contributed by atoms with Crippen molar-refractivity contribution < 1.29 is 9.53 Å². The molecule has 0 aliphatic rings. The Morgan fingerprint density at radius 3 is 2.62 bits per heavy atom. The molecule has 2 aromatic rings. The molecule has 0 unspecified atom stereocenters. The van der Waals surface area contributed by atoms with Crippen molar-refractivity contribution in [3.8, 4) is 5.75 Å². The van der Waals surface area contributed by atoms with Gasteiger partial charge in [-0.25, -0.2) is 0 Å². The van der Waals surface area contributed by atoms with E-state index in [0.717, 1.165) is 5.56 Å². The van der Waals surface area contributed by atoms with Gasteiger partial charge in [0.15, 0.2) is 0 Å². The molecule has 0 aromatic heterocycles. The van der Waals surface area contributed by atoms with Gasteiger partial charge < -0.3 is 9.64 Å². The van der Waals surface area contributed by atoms with Gasteiger partial charge in [0.2, 0.25) is 0 Å². The predicted molar refractivity (Wildman–Crippen MR) is 84.9 cm³/mol. The number of para-hydroxylation sites is 1. The van der Waals surface area contributed by atoms with E-state index in [2.05, 4.69) is 0 Å². The minimum Gasteiger partial charge on any atom is -0.496 e. The summed E-state index contributed by atoms with van der Waals surface area (Å²) in [5.41, 5.74) is 1.58. The molecule has 0 heterocycles. The molecule has 0 spiro atoms. The second-order valence-corrected chi connectivity index (χ2v) is 5.09. The highest BCUT2D eigenvalue weighted by Gasteiger charge is 2.18. The molecule has 3 nitrogen and oxygen atoms in total. The zero-order valence-corrected chi connectivity index (χ0v) is 12.9. The molecule has 0 aliphatic carbocycles. The van der Waals surface area contributed by atoms with Crippen molar-refractivity contribution in [3.05, 3.63) is 64.7 Å². The van der Waals surface area contributed by atoms with Crippen molar-refractivity contribution >= 4 is 17.5 Å². The maximum Gasteiger partial charge on any atom is 0.257 e. The third-order valence-electron chi connectivity index (χ3n) is 3.27. The van der Waals surface area contributed by atoms with Crippen molar-refractivity contribution in [2.75, 3.05) is 13.7 Å². The second-order valence-electron chi connectivity index (χ2n) is 4.65. The first-order chi connectivity index (χ1) is 10.2. The standard InChI is InChI=1S/C17H18ClNO2/c1-3-19(12-13-7-6-8-14(18)11-13)17(20)15-9-4-5-10-16(15)21-2/h4-11H,3,12H2,1-2H3. The summed E-state index contributed by atoms with van der Waals surface area (Å²) in [6, 6.07) is 14.8. The summed E-state index contributed by atoms with van der Waals surface area (Å²) < 4.78 is 5.26. The van der Waals surface area contributed by atoms with Gasteiger partial charge in [0.05, 0.1) is 12.7 Å². The first-order valence-corrected chi connectivity index (χ1v) is 7.20. The fourth-order valence-corrected chi connectivity index (χ4v) is 2.39. The van der Waals surface area contributed by atoms with Gasteiger partial charge in [0.25, 0.3) is 5.91 Å². The Labute approximate surface area is 130 Å². The highest BCUT2D eigenvalue weighted by molar-refractivity contribution is 6.30. The number of nitrogens with zero attached hydrogens (tertiary/aromatic N) is 1. The second kappa shape index (κ2) is 7.14. The summed E-state index contributed by atoms with van der Waals surface area (Å²) in [4.78, 5) is 14.4. The highest BCUT2D eigenvalue weighted by atomic mass is 35.5. The fraction of sp³-hybridized carbons (Fsp3) is 0.235. The number of hydrogen-bond donors (Lipinski definition) is 0. The normalized spacial score (nSPS) is 10.2. The third-order valence-corrected chi connectivity index (χ3v) is 3.50. The van der Waals surface area contributed by atoms with Crippen LogP contribution in [0.2, 0.25) is 5.02 Å². The van der Waals surface area contributed by atoms with Crippen LogP contribution in [0.4, 0.5) is 0 Å². The number of benzene rings is 2. The van der Waals surface area contributed by atoms with Crippen molar-refractivity contribution in [1.82, 2.24) is 4.90 Å². The molecule has 0 bridgehead atoms. The highest BCUT2D eigenvalue weighted by Crippen LogP contribution is 2.21. The topological polar surface area (TPSA) is 29.5 Å². The van der Waals surface area contributed by atoms with E-state index in [1.165, 1.54) is 0 Å². The average Bonchev–Trinajstić information content (AvgIpc) is 2.52. The summed E-state index contributed by atoms with van der Waals surface area (Å²) in [6.45, 7) is 3.09. The minimum absolute atomic E-state index is 0.0464. The first kappa shape index (κ1) is 15.4. The van der Waals surface area contributed by atoms with Crippen molar-refractivity contribution in [2.24, 2.45) is 0 Å². The SMILES string of the molecule is CCN(Cc1cccc(Cl)c1)C(=O)c1ccccc1OC. The zero-order valence-electron chi connectivity index (χ0n) is 12.2. The van der Waals surface area contributed by atoms with Crippen LogP contribution in [0.1, 0.15) is 22.8 Å². The lowest BCUT2D eigenvalue weighted by atomic mass is 10.1. The molecule has 0 aliphatic heterocycles. The Kier molecular flexibility index (Phi) is 5.23. The Balaban J connectivity index is 2.22. The van der Waals surface area contributed by atoms with Crippen LogP contribution in [0.3, 0.4) is 0 Å². The van der Waals surface area contributed by atoms with E-state index in [1.807, 2.05) is 43.3 Å². The van der Waals surface area contributed by atoms with Gasteiger partial charge in [-0.05, 0) is 36.8 Å². The Bertz CT molecular complexity index is 628. The van der Waals surface area contributed by atoms with Crippen LogP contribution in [0, 0.1) is 0 Å². The molecule has 2 rings (SSSR count). The Morgan fingerprint density at radius 1 is 1.19 bits per heavy atom. The predicted octanol–water partition coefficient (Wildman–Crippen LogP) is 4.01. The number of amides is 1. The fourth-order valence-electron chi connectivity index (χ4n) is 2.17. The number of methoxy groups -OCH3 is 1.